The lowest BCUT2D eigenvalue weighted by Gasteiger charge is -2.23. The van der Waals surface area contributed by atoms with Gasteiger partial charge < -0.3 is 15.4 Å². The summed E-state index contributed by atoms with van der Waals surface area (Å²) in [4.78, 5) is 21.1. The molecule has 4 rings (SSSR count). The summed E-state index contributed by atoms with van der Waals surface area (Å²) in [6, 6.07) is 7.54. The van der Waals surface area contributed by atoms with Crippen LogP contribution in [-0.4, -0.2) is 22.0 Å². The van der Waals surface area contributed by atoms with E-state index in [2.05, 4.69) is 20.6 Å². The summed E-state index contributed by atoms with van der Waals surface area (Å²) in [5, 5.41) is 9.04. The zero-order valence-corrected chi connectivity index (χ0v) is 12.5. The first-order valence-electron chi connectivity index (χ1n) is 6.77. The van der Waals surface area contributed by atoms with Gasteiger partial charge in [-0.2, -0.15) is 0 Å². The highest BCUT2D eigenvalue weighted by Gasteiger charge is 2.23. The van der Waals surface area contributed by atoms with Crippen LogP contribution in [0.1, 0.15) is 6.92 Å². The Labute approximate surface area is 130 Å². The van der Waals surface area contributed by atoms with Crippen molar-refractivity contribution >= 4 is 44.7 Å². The summed E-state index contributed by atoms with van der Waals surface area (Å²) >= 11 is 1.57. The van der Waals surface area contributed by atoms with Gasteiger partial charge in [-0.05, 0) is 36.6 Å². The van der Waals surface area contributed by atoms with E-state index in [9.17, 15) is 4.79 Å². The fraction of sp³-hybridized carbons (Fsp3) is 0.133. The van der Waals surface area contributed by atoms with E-state index in [-0.39, 0.29) is 5.91 Å². The average molecular weight is 312 g/mol. The van der Waals surface area contributed by atoms with Gasteiger partial charge in [0.2, 0.25) is 0 Å². The zero-order valence-electron chi connectivity index (χ0n) is 11.7. The van der Waals surface area contributed by atoms with Crippen molar-refractivity contribution in [3.63, 3.8) is 0 Å². The van der Waals surface area contributed by atoms with Gasteiger partial charge in [-0.25, -0.2) is 9.97 Å². The van der Waals surface area contributed by atoms with Crippen LogP contribution in [-0.2, 0) is 4.79 Å². The number of hydrogen-bond donors (Lipinski definition) is 2. The highest BCUT2D eigenvalue weighted by molar-refractivity contribution is 7.16. The Morgan fingerprint density at radius 2 is 2.23 bits per heavy atom. The minimum atomic E-state index is -0.474. The summed E-state index contributed by atoms with van der Waals surface area (Å²) in [5.41, 5.74) is 1.48. The van der Waals surface area contributed by atoms with E-state index < -0.39 is 6.10 Å². The molecule has 1 aliphatic rings. The van der Waals surface area contributed by atoms with Gasteiger partial charge in [-0.1, -0.05) is 0 Å². The Morgan fingerprint density at radius 3 is 3.14 bits per heavy atom. The first kappa shape index (κ1) is 13.0. The van der Waals surface area contributed by atoms with E-state index in [0.717, 1.165) is 21.7 Å². The van der Waals surface area contributed by atoms with Crippen molar-refractivity contribution in [1.82, 2.24) is 9.97 Å². The quantitative estimate of drug-likeness (QED) is 0.760. The average Bonchev–Trinajstić information content (AvgIpc) is 2.98. The maximum atomic E-state index is 11.7. The molecule has 0 aliphatic carbocycles. The maximum absolute atomic E-state index is 11.7. The molecule has 1 aliphatic heterocycles. The molecular weight excluding hydrogens is 300 g/mol. The standard InChI is InChI=1S/C15H12N4O2S/c1-8-14(20)19-11-6-9(2-3-12(11)21-8)18-13-10-4-5-22-15(10)17-7-16-13/h2-8H,1H3,(H,19,20)(H,16,17,18). The molecule has 1 aromatic carbocycles. The van der Waals surface area contributed by atoms with Crippen LogP contribution < -0.4 is 15.4 Å². The van der Waals surface area contributed by atoms with Crippen LogP contribution in [0.3, 0.4) is 0 Å². The predicted molar refractivity (Wildman–Crippen MR) is 85.9 cm³/mol. The minimum Gasteiger partial charge on any atom is -0.479 e. The molecule has 110 valence electrons. The molecule has 3 aromatic rings. The summed E-state index contributed by atoms with van der Waals surface area (Å²) in [7, 11) is 0. The number of anilines is 3. The number of aromatic nitrogens is 2. The highest BCUT2D eigenvalue weighted by atomic mass is 32.1. The van der Waals surface area contributed by atoms with Crippen LogP contribution >= 0.6 is 11.3 Å². The predicted octanol–water partition coefficient (Wildman–Crippen LogP) is 3.15. The van der Waals surface area contributed by atoms with Gasteiger partial charge in [0, 0.05) is 5.69 Å². The molecule has 1 atom stereocenters. The Balaban J connectivity index is 1.68. The lowest BCUT2D eigenvalue weighted by molar-refractivity contribution is -0.122. The largest absolute Gasteiger partial charge is 0.479 e. The molecule has 22 heavy (non-hydrogen) atoms. The van der Waals surface area contributed by atoms with Crippen LogP contribution in [0.25, 0.3) is 10.2 Å². The third-order valence-electron chi connectivity index (χ3n) is 3.43. The van der Waals surface area contributed by atoms with Gasteiger partial charge in [0.25, 0.3) is 5.91 Å². The Hall–Kier alpha value is -2.67. The van der Waals surface area contributed by atoms with E-state index in [1.54, 1.807) is 18.3 Å². The lowest BCUT2D eigenvalue weighted by atomic mass is 10.2. The number of carbonyl (C=O) groups excluding carboxylic acids is 1. The molecule has 6 nitrogen and oxygen atoms in total. The number of benzene rings is 1. The number of amides is 1. The van der Waals surface area contributed by atoms with E-state index in [1.807, 2.05) is 29.6 Å². The summed E-state index contributed by atoms with van der Waals surface area (Å²) in [6.07, 6.45) is 1.06. The maximum Gasteiger partial charge on any atom is 0.265 e. The van der Waals surface area contributed by atoms with Crippen molar-refractivity contribution in [3.8, 4) is 5.75 Å². The smallest absolute Gasteiger partial charge is 0.265 e. The van der Waals surface area contributed by atoms with E-state index >= 15 is 0 Å². The third-order valence-corrected chi connectivity index (χ3v) is 4.26. The number of hydrogen-bond acceptors (Lipinski definition) is 6. The molecule has 0 spiro atoms. The molecule has 1 amide bonds. The van der Waals surface area contributed by atoms with E-state index in [0.29, 0.717) is 11.4 Å². The van der Waals surface area contributed by atoms with Crippen molar-refractivity contribution in [2.24, 2.45) is 0 Å². The highest BCUT2D eigenvalue weighted by Crippen LogP contribution is 2.34. The molecule has 7 heteroatoms. The van der Waals surface area contributed by atoms with Crippen LogP contribution in [0.15, 0.2) is 36.0 Å². The van der Waals surface area contributed by atoms with Gasteiger partial charge >= 0.3 is 0 Å². The van der Waals surface area contributed by atoms with E-state index in [4.69, 9.17) is 4.74 Å². The summed E-state index contributed by atoms with van der Waals surface area (Å²) < 4.78 is 5.54. The molecule has 0 saturated heterocycles. The van der Waals surface area contributed by atoms with Crippen molar-refractivity contribution in [2.45, 2.75) is 13.0 Å². The van der Waals surface area contributed by atoms with Gasteiger partial charge in [0.05, 0.1) is 11.1 Å². The molecule has 0 radical (unpaired) electrons. The topological polar surface area (TPSA) is 76.1 Å². The molecule has 2 N–H and O–H groups in total. The fourth-order valence-corrected chi connectivity index (χ4v) is 3.05. The Bertz CT molecular complexity index is 877. The number of nitrogens with zero attached hydrogens (tertiary/aromatic N) is 2. The first-order chi connectivity index (χ1) is 10.7. The third kappa shape index (κ3) is 2.15. The summed E-state index contributed by atoms with van der Waals surface area (Å²) in [6.45, 7) is 1.72. The number of nitrogens with one attached hydrogen (secondary N) is 2. The van der Waals surface area contributed by atoms with Gasteiger partial charge in [0.15, 0.2) is 6.10 Å². The Kier molecular flexibility index (Phi) is 2.93. The zero-order chi connectivity index (χ0) is 15.1. The summed E-state index contributed by atoms with van der Waals surface area (Å²) in [5.74, 6) is 1.26. The second-order valence-corrected chi connectivity index (χ2v) is 5.84. The van der Waals surface area contributed by atoms with Crippen LogP contribution in [0.4, 0.5) is 17.2 Å². The molecule has 0 fully saturated rings. The number of rotatable bonds is 2. The fourth-order valence-electron chi connectivity index (χ4n) is 2.31. The normalized spacial score (nSPS) is 16.8. The van der Waals surface area contributed by atoms with Gasteiger partial charge in [0.1, 0.15) is 22.7 Å². The molecular formula is C15H12N4O2S. The molecule has 2 aromatic heterocycles. The first-order valence-corrected chi connectivity index (χ1v) is 7.65. The second kappa shape index (κ2) is 4.96. The monoisotopic (exact) mass is 312 g/mol. The van der Waals surface area contributed by atoms with Crippen LogP contribution in [0, 0.1) is 0 Å². The van der Waals surface area contributed by atoms with Crippen molar-refractivity contribution < 1.29 is 9.53 Å². The van der Waals surface area contributed by atoms with Gasteiger partial charge in [-0.15, -0.1) is 11.3 Å². The van der Waals surface area contributed by atoms with E-state index in [1.165, 1.54) is 6.33 Å². The molecule has 0 bridgehead atoms. The SMILES string of the molecule is CC1Oc2ccc(Nc3ncnc4sccc34)cc2NC1=O. The number of fused-ring (bicyclic) bond motifs is 2. The molecule has 1 unspecified atom stereocenters. The van der Waals surface area contributed by atoms with Crippen LogP contribution in [0.5, 0.6) is 5.75 Å². The number of thiophene rings is 1. The van der Waals surface area contributed by atoms with Crippen molar-refractivity contribution in [1.29, 1.82) is 0 Å². The van der Waals surface area contributed by atoms with Crippen molar-refractivity contribution in [2.75, 3.05) is 10.6 Å². The molecule has 0 saturated carbocycles. The lowest BCUT2D eigenvalue weighted by Crippen LogP contribution is -2.34. The molecule has 3 heterocycles. The number of carbonyl (C=O) groups is 1. The van der Waals surface area contributed by atoms with Crippen LogP contribution in [0.2, 0.25) is 0 Å². The minimum absolute atomic E-state index is 0.146. The number of ether oxygens (including phenoxy) is 1. The van der Waals surface area contributed by atoms with Gasteiger partial charge in [-0.3, -0.25) is 4.79 Å². The Morgan fingerprint density at radius 1 is 1.32 bits per heavy atom. The second-order valence-electron chi connectivity index (χ2n) is 4.95. The van der Waals surface area contributed by atoms with Crippen molar-refractivity contribution in [3.05, 3.63) is 36.0 Å².